The highest BCUT2D eigenvalue weighted by atomic mass is 16.5. The molecule has 0 amide bonds. The summed E-state index contributed by atoms with van der Waals surface area (Å²) in [5.41, 5.74) is -0.390. The zero-order valence-corrected chi connectivity index (χ0v) is 10.5. The Balaban J connectivity index is 2.52. The van der Waals surface area contributed by atoms with Crippen LogP contribution in [0.25, 0.3) is 0 Å². The lowest BCUT2D eigenvalue weighted by molar-refractivity contribution is -0.151. The number of ether oxygens (including phenoxy) is 1. The van der Waals surface area contributed by atoms with E-state index in [1.807, 2.05) is 13.8 Å². The van der Waals surface area contributed by atoms with E-state index in [0.29, 0.717) is 0 Å². The Morgan fingerprint density at radius 2 is 1.80 bits per heavy atom. The fraction of sp³-hybridized carbons (Fsp3) is 0.917. The molecular weight excluding hydrogens is 190 g/mol. The number of carbonyl (C=O) groups is 1. The molecule has 15 heavy (non-hydrogen) atoms. The summed E-state index contributed by atoms with van der Waals surface area (Å²) < 4.78 is 4.81. The SMILES string of the molecule is COC(=O)C(C)(C)CN1CC(C)C(C)C1. The average molecular weight is 213 g/mol. The van der Waals surface area contributed by atoms with E-state index in [1.165, 1.54) is 7.11 Å². The zero-order valence-electron chi connectivity index (χ0n) is 10.5. The lowest BCUT2D eigenvalue weighted by Gasteiger charge is -2.27. The fourth-order valence-corrected chi connectivity index (χ4v) is 2.28. The Labute approximate surface area is 92.8 Å². The molecule has 0 aromatic rings. The van der Waals surface area contributed by atoms with Crippen molar-refractivity contribution in [1.82, 2.24) is 4.90 Å². The summed E-state index contributed by atoms with van der Waals surface area (Å²) in [4.78, 5) is 13.9. The second kappa shape index (κ2) is 4.52. The molecule has 1 aliphatic rings. The zero-order chi connectivity index (χ0) is 11.6. The third-order valence-electron chi connectivity index (χ3n) is 3.42. The molecule has 1 saturated heterocycles. The molecule has 3 heteroatoms. The lowest BCUT2D eigenvalue weighted by Crippen LogP contribution is -2.39. The monoisotopic (exact) mass is 213 g/mol. The minimum absolute atomic E-state index is 0.116. The van der Waals surface area contributed by atoms with Crippen LogP contribution >= 0.6 is 0 Å². The van der Waals surface area contributed by atoms with Gasteiger partial charge in [0.2, 0.25) is 0 Å². The molecule has 0 bridgehead atoms. The van der Waals surface area contributed by atoms with Crippen LogP contribution in [0.1, 0.15) is 27.7 Å². The molecule has 0 N–H and O–H groups in total. The van der Waals surface area contributed by atoms with E-state index in [0.717, 1.165) is 31.5 Å². The topological polar surface area (TPSA) is 29.5 Å². The van der Waals surface area contributed by atoms with E-state index >= 15 is 0 Å². The first-order chi connectivity index (χ1) is 6.86. The van der Waals surface area contributed by atoms with E-state index in [4.69, 9.17) is 4.74 Å². The number of nitrogens with zero attached hydrogens (tertiary/aromatic N) is 1. The van der Waals surface area contributed by atoms with Crippen LogP contribution in [0.2, 0.25) is 0 Å². The third-order valence-corrected chi connectivity index (χ3v) is 3.42. The molecule has 1 aliphatic heterocycles. The van der Waals surface area contributed by atoms with E-state index in [-0.39, 0.29) is 5.97 Å². The summed E-state index contributed by atoms with van der Waals surface area (Å²) in [6, 6.07) is 0. The second-order valence-electron chi connectivity index (χ2n) is 5.52. The Kier molecular flexibility index (Phi) is 3.77. The molecule has 1 fully saturated rings. The Hall–Kier alpha value is -0.570. The molecule has 0 radical (unpaired) electrons. The molecule has 0 saturated carbocycles. The van der Waals surface area contributed by atoms with Crippen molar-refractivity contribution in [2.75, 3.05) is 26.7 Å². The van der Waals surface area contributed by atoms with E-state index in [9.17, 15) is 4.79 Å². The first-order valence-corrected chi connectivity index (χ1v) is 5.67. The molecule has 88 valence electrons. The molecule has 2 unspecified atom stereocenters. The van der Waals surface area contributed by atoms with Crippen LogP contribution < -0.4 is 0 Å². The van der Waals surface area contributed by atoms with Gasteiger partial charge in [0.1, 0.15) is 0 Å². The lowest BCUT2D eigenvalue weighted by atomic mass is 9.93. The van der Waals surface area contributed by atoms with Gasteiger partial charge in [-0.05, 0) is 25.7 Å². The molecular formula is C12H23NO2. The van der Waals surface area contributed by atoms with Crippen molar-refractivity contribution in [3.8, 4) is 0 Å². The van der Waals surface area contributed by atoms with Crippen LogP contribution in [0.5, 0.6) is 0 Å². The van der Waals surface area contributed by atoms with Gasteiger partial charge < -0.3 is 9.64 Å². The van der Waals surface area contributed by atoms with Crippen LogP contribution in [0.3, 0.4) is 0 Å². The van der Waals surface area contributed by atoms with Gasteiger partial charge in [-0.3, -0.25) is 4.79 Å². The standard InChI is InChI=1S/C12H23NO2/c1-9-6-13(7-10(9)2)8-12(3,4)11(14)15-5/h9-10H,6-8H2,1-5H3. The van der Waals surface area contributed by atoms with Crippen LogP contribution in [-0.2, 0) is 9.53 Å². The van der Waals surface area contributed by atoms with E-state index in [1.54, 1.807) is 0 Å². The van der Waals surface area contributed by atoms with E-state index < -0.39 is 5.41 Å². The number of carbonyl (C=O) groups excluding carboxylic acids is 1. The fourth-order valence-electron chi connectivity index (χ4n) is 2.28. The molecule has 0 aliphatic carbocycles. The predicted octanol–water partition coefficient (Wildman–Crippen LogP) is 1.77. The van der Waals surface area contributed by atoms with Gasteiger partial charge >= 0.3 is 5.97 Å². The maximum absolute atomic E-state index is 11.5. The predicted molar refractivity (Wildman–Crippen MR) is 60.6 cm³/mol. The van der Waals surface area contributed by atoms with Crippen molar-refractivity contribution in [2.45, 2.75) is 27.7 Å². The van der Waals surface area contributed by atoms with Crippen LogP contribution in [0.15, 0.2) is 0 Å². The minimum Gasteiger partial charge on any atom is -0.469 e. The molecule has 1 rings (SSSR count). The van der Waals surface area contributed by atoms with Crippen molar-refractivity contribution in [2.24, 2.45) is 17.3 Å². The van der Waals surface area contributed by atoms with Crippen molar-refractivity contribution < 1.29 is 9.53 Å². The molecule has 0 aromatic carbocycles. The summed E-state index contributed by atoms with van der Waals surface area (Å²) >= 11 is 0. The maximum Gasteiger partial charge on any atom is 0.312 e. The summed E-state index contributed by atoms with van der Waals surface area (Å²) in [5, 5.41) is 0. The molecule has 0 spiro atoms. The quantitative estimate of drug-likeness (QED) is 0.669. The van der Waals surface area contributed by atoms with Crippen molar-refractivity contribution in [3.05, 3.63) is 0 Å². The first kappa shape index (κ1) is 12.5. The van der Waals surface area contributed by atoms with Crippen molar-refractivity contribution >= 4 is 5.97 Å². The summed E-state index contributed by atoms with van der Waals surface area (Å²) in [7, 11) is 1.46. The number of methoxy groups -OCH3 is 1. The highest BCUT2D eigenvalue weighted by Crippen LogP contribution is 2.26. The first-order valence-electron chi connectivity index (χ1n) is 5.67. The Bertz CT molecular complexity index is 228. The Morgan fingerprint density at radius 3 is 2.20 bits per heavy atom. The van der Waals surface area contributed by atoms with Crippen LogP contribution in [0.4, 0.5) is 0 Å². The third kappa shape index (κ3) is 2.94. The molecule has 0 aromatic heterocycles. The van der Waals surface area contributed by atoms with Crippen molar-refractivity contribution in [3.63, 3.8) is 0 Å². The van der Waals surface area contributed by atoms with E-state index in [2.05, 4.69) is 18.7 Å². The highest BCUT2D eigenvalue weighted by Gasteiger charge is 2.35. The smallest absolute Gasteiger partial charge is 0.312 e. The number of likely N-dealkylation sites (tertiary alicyclic amines) is 1. The number of esters is 1. The van der Waals surface area contributed by atoms with Gasteiger partial charge in [0.15, 0.2) is 0 Å². The van der Waals surface area contributed by atoms with Gasteiger partial charge in [-0.25, -0.2) is 0 Å². The molecule has 2 atom stereocenters. The largest absolute Gasteiger partial charge is 0.469 e. The number of hydrogen-bond acceptors (Lipinski definition) is 3. The number of rotatable bonds is 3. The van der Waals surface area contributed by atoms with Crippen LogP contribution in [-0.4, -0.2) is 37.6 Å². The van der Waals surface area contributed by atoms with Crippen molar-refractivity contribution in [1.29, 1.82) is 0 Å². The Morgan fingerprint density at radius 1 is 1.33 bits per heavy atom. The average Bonchev–Trinajstić information content (AvgIpc) is 2.43. The second-order valence-corrected chi connectivity index (χ2v) is 5.52. The van der Waals surface area contributed by atoms with Crippen LogP contribution in [0, 0.1) is 17.3 Å². The maximum atomic E-state index is 11.5. The highest BCUT2D eigenvalue weighted by molar-refractivity contribution is 5.76. The van der Waals surface area contributed by atoms with Gasteiger partial charge in [-0.2, -0.15) is 0 Å². The number of hydrogen-bond donors (Lipinski definition) is 0. The molecule has 3 nitrogen and oxygen atoms in total. The summed E-state index contributed by atoms with van der Waals surface area (Å²) in [6.45, 7) is 11.4. The minimum atomic E-state index is -0.390. The van der Waals surface area contributed by atoms with Gasteiger partial charge in [-0.1, -0.05) is 13.8 Å². The van der Waals surface area contributed by atoms with Gasteiger partial charge in [0.05, 0.1) is 12.5 Å². The van der Waals surface area contributed by atoms with Gasteiger partial charge in [0.25, 0.3) is 0 Å². The molecule has 1 heterocycles. The van der Waals surface area contributed by atoms with Gasteiger partial charge in [0, 0.05) is 19.6 Å². The summed E-state index contributed by atoms with van der Waals surface area (Å²) in [5.74, 6) is 1.35. The van der Waals surface area contributed by atoms with Gasteiger partial charge in [-0.15, -0.1) is 0 Å². The summed E-state index contributed by atoms with van der Waals surface area (Å²) in [6.07, 6.45) is 0. The normalized spacial score (nSPS) is 28.1.